The second-order valence-electron chi connectivity index (χ2n) is 10.7. The maximum Gasteiger partial charge on any atom is 0.408 e. The van der Waals surface area contributed by atoms with Gasteiger partial charge in [0, 0.05) is 48.9 Å². The number of carbonyl (C=O) groups is 5. The van der Waals surface area contributed by atoms with E-state index in [2.05, 4.69) is 15.6 Å². The van der Waals surface area contributed by atoms with E-state index >= 15 is 0 Å². The van der Waals surface area contributed by atoms with Gasteiger partial charge in [-0.2, -0.15) is 0 Å². The van der Waals surface area contributed by atoms with Crippen LogP contribution in [-0.4, -0.2) is 80.7 Å². The van der Waals surface area contributed by atoms with Crippen molar-refractivity contribution in [3.8, 4) is 0 Å². The van der Waals surface area contributed by atoms with Crippen molar-refractivity contribution in [2.75, 3.05) is 13.1 Å². The molecule has 0 spiro atoms. The molecule has 0 saturated carbocycles. The zero-order valence-corrected chi connectivity index (χ0v) is 22.4. The lowest BCUT2D eigenvalue weighted by Crippen LogP contribution is -2.53. The standard InChI is InChI=1S/C27H36N4O8/c1-27(2,3)39-26(38)30-21(14-17-15-28-19-7-5-4-6-18(17)19)24(35)31-12-10-16(11-13-31)23(34)29-20(25(36)37)8-9-22(32)33/h4-7,15-16,20-21,28H,8-14H2,1-3H3,(H,29,34)(H,30,38)(H,32,33)(H,36,37). The Bertz CT molecular complexity index is 1210. The highest BCUT2D eigenvalue weighted by atomic mass is 16.6. The van der Waals surface area contributed by atoms with E-state index in [-0.39, 0.29) is 38.3 Å². The number of aromatic amines is 1. The van der Waals surface area contributed by atoms with Gasteiger partial charge in [0.15, 0.2) is 0 Å². The molecular formula is C27H36N4O8. The molecule has 1 fully saturated rings. The predicted molar refractivity (Wildman–Crippen MR) is 141 cm³/mol. The third-order valence-electron chi connectivity index (χ3n) is 6.53. The summed E-state index contributed by atoms with van der Waals surface area (Å²) in [4.78, 5) is 65.8. The second kappa shape index (κ2) is 12.6. The minimum absolute atomic E-state index is 0.223. The Labute approximate surface area is 226 Å². The van der Waals surface area contributed by atoms with Crippen LogP contribution in [0.25, 0.3) is 10.9 Å². The van der Waals surface area contributed by atoms with Crippen molar-refractivity contribution in [2.24, 2.45) is 5.92 Å². The van der Waals surface area contributed by atoms with Crippen molar-refractivity contribution in [1.82, 2.24) is 20.5 Å². The molecule has 39 heavy (non-hydrogen) atoms. The van der Waals surface area contributed by atoms with Crippen LogP contribution in [0.2, 0.25) is 0 Å². The second-order valence-corrected chi connectivity index (χ2v) is 10.7. The summed E-state index contributed by atoms with van der Waals surface area (Å²) < 4.78 is 5.39. The molecule has 3 rings (SSSR count). The Morgan fingerprint density at radius 1 is 1.05 bits per heavy atom. The van der Waals surface area contributed by atoms with Crippen LogP contribution in [0.3, 0.4) is 0 Å². The van der Waals surface area contributed by atoms with Crippen LogP contribution < -0.4 is 10.6 Å². The van der Waals surface area contributed by atoms with Crippen LogP contribution in [0.1, 0.15) is 52.0 Å². The molecule has 2 aromatic rings. The number of H-pyrrole nitrogens is 1. The average molecular weight is 545 g/mol. The fourth-order valence-corrected chi connectivity index (χ4v) is 4.57. The fourth-order valence-electron chi connectivity index (χ4n) is 4.57. The van der Waals surface area contributed by atoms with Gasteiger partial charge in [0.2, 0.25) is 11.8 Å². The summed E-state index contributed by atoms with van der Waals surface area (Å²) in [5.74, 6) is -3.77. The van der Waals surface area contributed by atoms with E-state index in [9.17, 15) is 29.1 Å². The summed E-state index contributed by atoms with van der Waals surface area (Å²) in [5.41, 5.74) is 1.02. The molecule has 0 bridgehead atoms. The molecule has 0 aliphatic carbocycles. The smallest absolute Gasteiger partial charge is 0.408 e. The first-order chi connectivity index (χ1) is 18.3. The monoisotopic (exact) mass is 544 g/mol. The number of amides is 3. The van der Waals surface area contributed by atoms with Gasteiger partial charge >= 0.3 is 18.0 Å². The van der Waals surface area contributed by atoms with Crippen molar-refractivity contribution in [1.29, 1.82) is 0 Å². The summed E-state index contributed by atoms with van der Waals surface area (Å²) >= 11 is 0. The number of carboxylic acid groups (broad SMARTS) is 2. The molecule has 2 unspecified atom stereocenters. The Hall–Kier alpha value is -4.09. The Morgan fingerprint density at radius 2 is 1.72 bits per heavy atom. The molecule has 12 nitrogen and oxygen atoms in total. The molecule has 5 N–H and O–H groups in total. The normalized spacial score (nSPS) is 15.8. The van der Waals surface area contributed by atoms with E-state index in [1.165, 1.54) is 0 Å². The minimum atomic E-state index is -1.30. The number of hydrogen-bond acceptors (Lipinski definition) is 6. The molecular weight excluding hydrogens is 508 g/mol. The van der Waals surface area contributed by atoms with Gasteiger partial charge in [0.1, 0.15) is 17.7 Å². The van der Waals surface area contributed by atoms with Gasteiger partial charge in [0.25, 0.3) is 0 Å². The largest absolute Gasteiger partial charge is 0.481 e. The zero-order chi connectivity index (χ0) is 28.7. The molecule has 1 aromatic carbocycles. The number of likely N-dealkylation sites (tertiary alicyclic amines) is 1. The SMILES string of the molecule is CC(C)(C)OC(=O)NC(Cc1c[nH]c2ccccc12)C(=O)N1CCC(C(=O)NC(CCC(=O)O)C(=O)O)CC1. The van der Waals surface area contributed by atoms with Crippen LogP contribution in [0.5, 0.6) is 0 Å². The van der Waals surface area contributed by atoms with Crippen molar-refractivity contribution in [3.63, 3.8) is 0 Å². The number of aromatic nitrogens is 1. The topological polar surface area (TPSA) is 178 Å². The molecule has 2 atom stereocenters. The average Bonchev–Trinajstić information content (AvgIpc) is 3.27. The van der Waals surface area contributed by atoms with Gasteiger partial charge in [-0.25, -0.2) is 9.59 Å². The molecule has 3 amide bonds. The van der Waals surface area contributed by atoms with Crippen molar-refractivity contribution in [2.45, 2.75) is 70.6 Å². The third kappa shape index (κ3) is 8.45. The lowest BCUT2D eigenvalue weighted by Gasteiger charge is -2.34. The summed E-state index contributed by atoms with van der Waals surface area (Å²) in [6.45, 7) is 5.68. The lowest BCUT2D eigenvalue weighted by molar-refractivity contribution is -0.144. The summed E-state index contributed by atoms with van der Waals surface area (Å²) in [6.07, 6.45) is 1.32. The van der Waals surface area contributed by atoms with Gasteiger partial charge in [-0.1, -0.05) is 18.2 Å². The molecule has 212 valence electrons. The van der Waals surface area contributed by atoms with E-state index in [4.69, 9.17) is 9.84 Å². The Kier molecular flexibility index (Phi) is 9.55. The number of fused-ring (bicyclic) bond motifs is 1. The van der Waals surface area contributed by atoms with E-state index < -0.39 is 47.5 Å². The van der Waals surface area contributed by atoms with E-state index in [1.807, 2.05) is 30.5 Å². The molecule has 1 saturated heterocycles. The quantitative estimate of drug-likeness (QED) is 0.302. The fraction of sp³-hybridized carbons (Fsp3) is 0.519. The first-order valence-electron chi connectivity index (χ1n) is 12.9. The van der Waals surface area contributed by atoms with Crippen molar-refractivity contribution < 1.29 is 38.9 Å². The molecule has 0 radical (unpaired) electrons. The lowest BCUT2D eigenvalue weighted by atomic mass is 9.94. The molecule has 12 heteroatoms. The number of carboxylic acids is 2. The molecule has 1 aromatic heterocycles. The third-order valence-corrected chi connectivity index (χ3v) is 6.53. The number of carbonyl (C=O) groups excluding carboxylic acids is 3. The Morgan fingerprint density at radius 3 is 2.33 bits per heavy atom. The summed E-state index contributed by atoms with van der Waals surface area (Å²) in [6, 6.07) is 5.44. The maximum absolute atomic E-state index is 13.6. The number of ether oxygens (including phenoxy) is 1. The van der Waals surface area contributed by atoms with Crippen LogP contribution >= 0.6 is 0 Å². The first-order valence-corrected chi connectivity index (χ1v) is 12.9. The number of nitrogens with one attached hydrogen (secondary N) is 3. The predicted octanol–water partition coefficient (Wildman–Crippen LogP) is 2.28. The number of benzene rings is 1. The molecule has 1 aliphatic rings. The highest BCUT2D eigenvalue weighted by Crippen LogP contribution is 2.22. The number of para-hydroxylation sites is 1. The van der Waals surface area contributed by atoms with Gasteiger partial charge in [-0.3, -0.25) is 14.4 Å². The van der Waals surface area contributed by atoms with Crippen LogP contribution in [0, 0.1) is 5.92 Å². The summed E-state index contributed by atoms with van der Waals surface area (Å²) in [5, 5.41) is 24.2. The number of rotatable bonds is 10. The Balaban J connectivity index is 1.66. The summed E-state index contributed by atoms with van der Waals surface area (Å²) in [7, 11) is 0. The maximum atomic E-state index is 13.6. The van der Waals surface area contributed by atoms with Crippen molar-refractivity contribution in [3.05, 3.63) is 36.0 Å². The van der Waals surface area contributed by atoms with Gasteiger partial charge in [0.05, 0.1) is 0 Å². The van der Waals surface area contributed by atoms with Crippen LogP contribution in [0.15, 0.2) is 30.5 Å². The van der Waals surface area contributed by atoms with Crippen molar-refractivity contribution >= 4 is 40.7 Å². The van der Waals surface area contributed by atoms with Crippen LogP contribution in [0.4, 0.5) is 4.79 Å². The highest BCUT2D eigenvalue weighted by molar-refractivity contribution is 5.89. The van der Waals surface area contributed by atoms with Crippen LogP contribution in [-0.2, 0) is 30.3 Å². The van der Waals surface area contributed by atoms with E-state index in [0.717, 1.165) is 16.5 Å². The zero-order valence-electron chi connectivity index (χ0n) is 22.4. The number of alkyl carbamates (subject to hydrolysis) is 1. The van der Waals surface area contributed by atoms with E-state index in [1.54, 1.807) is 25.7 Å². The van der Waals surface area contributed by atoms with E-state index in [0.29, 0.717) is 12.8 Å². The number of aliphatic carboxylic acids is 2. The molecule has 1 aliphatic heterocycles. The minimum Gasteiger partial charge on any atom is -0.481 e. The highest BCUT2D eigenvalue weighted by Gasteiger charge is 2.34. The van der Waals surface area contributed by atoms with Gasteiger partial charge in [-0.05, 0) is 51.7 Å². The number of hydrogen-bond donors (Lipinski definition) is 5. The number of piperidine rings is 1. The number of nitrogens with zero attached hydrogens (tertiary/aromatic N) is 1. The molecule has 2 heterocycles. The van der Waals surface area contributed by atoms with Gasteiger partial charge in [-0.15, -0.1) is 0 Å². The first kappa shape index (κ1) is 29.5. The van der Waals surface area contributed by atoms with Gasteiger partial charge < -0.3 is 35.5 Å².